The second-order valence-corrected chi connectivity index (χ2v) is 5.99. The summed E-state index contributed by atoms with van der Waals surface area (Å²) < 4.78 is 199. The molecule has 0 aliphatic carbocycles. The molecule has 0 unspecified atom stereocenters. The smallest absolute Gasteiger partial charge is 0.460 e. The zero-order valence-electron chi connectivity index (χ0n) is 14.6. The topological polar surface area (TPSA) is 66.8 Å². The minimum absolute atomic E-state index is 0.154. The number of carbonyl (C=O) groups excluding carboxylic acids is 1. The van der Waals surface area contributed by atoms with Gasteiger partial charge in [0.15, 0.2) is 11.5 Å². The number of hydrogen-bond acceptors (Lipinski definition) is 4. The minimum atomic E-state index is -8.55. The molecule has 0 heterocycles. The molecule has 190 valence electrons. The van der Waals surface area contributed by atoms with Crippen molar-refractivity contribution < 1.29 is 85.6 Å². The van der Waals surface area contributed by atoms with Gasteiger partial charge in [0.25, 0.3) is 0 Å². The van der Waals surface area contributed by atoms with Gasteiger partial charge in [-0.1, -0.05) is 0 Å². The zero-order chi connectivity index (χ0) is 26.6. The van der Waals surface area contributed by atoms with Crippen molar-refractivity contribution in [1.29, 1.82) is 0 Å². The normalized spacial score (nSPS) is 14.9. The maximum Gasteiger partial charge on any atom is 0.460 e. The summed E-state index contributed by atoms with van der Waals surface area (Å²) in [5.41, 5.74) is 0. The Labute approximate surface area is 170 Å². The van der Waals surface area contributed by atoms with Crippen molar-refractivity contribution in [3.63, 3.8) is 0 Å². The molecule has 1 rings (SSSR count). The minimum Gasteiger partial charge on any atom is -0.508 e. The van der Waals surface area contributed by atoms with Gasteiger partial charge in [-0.2, -0.15) is 65.9 Å². The number of esters is 1. The Morgan fingerprint density at radius 2 is 1.03 bits per heavy atom. The molecule has 0 fully saturated rings. The van der Waals surface area contributed by atoms with Gasteiger partial charge < -0.3 is 14.9 Å². The van der Waals surface area contributed by atoms with Crippen LogP contribution in [0.4, 0.5) is 65.9 Å². The number of rotatable bonds is 7. The summed E-state index contributed by atoms with van der Waals surface area (Å²) in [5.74, 6) is -56.9. The maximum absolute atomic E-state index is 13.6. The predicted octanol–water partition coefficient (Wildman–Crippen LogP) is 5.38. The summed E-state index contributed by atoms with van der Waals surface area (Å²) >= 11 is 0. The number of ether oxygens (including phenoxy) is 1. The van der Waals surface area contributed by atoms with Crippen molar-refractivity contribution in [2.75, 3.05) is 0 Å². The number of phenolic OH excluding ortho intramolecular Hbond substituents is 2. The molecule has 2 N–H and O–H groups in total. The summed E-state index contributed by atoms with van der Waals surface area (Å²) in [6, 6.07) is 0.740. The quantitative estimate of drug-likeness (QED) is 0.287. The van der Waals surface area contributed by atoms with Crippen molar-refractivity contribution >= 4 is 5.97 Å². The van der Waals surface area contributed by atoms with Crippen LogP contribution in [0.15, 0.2) is 18.2 Å². The van der Waals surface area contributed by atoms with E-state index in [1.165, 1.54) is 0 Å². The first-order valence-corrected chi connectivity index (χ1v) is 7.38. The van der Waals surface area contributed by atoms with E-state index in [2.05, 4.69) is 4.74 Å². The van der Waals surface area contributed by atoms with Crippen LogP contribution in [0.1, 0.15) is 0 Å². The standard InChI is InChI=1S/C14H5F15O4/c15-8(16,7(32)33-6-2-1-4(30)3-5(6)31)9(17,18)10(19,20)11(21,22)12(23,24)13(25,26)14(27,28)29/h1-3,30-31H. The van der Waals surface area contributed by atoms with Crippen LogP contribution in [0.25, 0.3) is 0 Å². The molecule has 4 nitrogen and oxygen atoms in total. The van der Waals surface area contributed by atoms with Crippen LogP contribution in [0.3, 0.4) is 0 Å². The van der Waals surface area contributed by atoms with Crippen LogP contribution < -0.4 is 4.74 Å². The van der Waals surface area contributed by atoms with E-state index < -0.39 is 64.9 Å². The highest BCUT2D eigenvalue weighted by Crippen LogP contribution is 2.62. The fourth-order valence-corrected chi connectivity index (χ4v) is 1.85. The van der Waals surface area contributed by atoms with E-state index in [1.54, 1.807) is 0 Å². The van der Waals surface area contributed by atoms with Gasteiger partial charge in [-0.15, -0.1) is 0 Å². The van der Waals surface area contributed by atoms with Crippen molar-refractivity contribution in [1.82, 2.24) is 0 Å². The van der Waals surface area contributed by atoms with E-state index in [-0.39, 0.29) is 12.1 Å². The van der Waals surface area contributed by atoms with Gasteiger partial charge in [0, 0.05) is 6.07 Å². The molecule has 0 aliphatic rings. The van der Waals surface area contributed by atoms with E-state index in [1.807, 2.05) is 0 Å². The fraction of sp³-hybridized carbons (Fsp3) is 0.500. The van der Waals surface area contributed by atoms with E-state index >= 15 is 0 Å². The van der Waals surface area contributed by atoms with Gasteiger partial charge >= 0.3 is 47.7 Å². The van der Waals surface area contributed by atoms with Crippen molar-refractivity contribution in [2.24, 2.45) is 0 Å². The summed E-state index contributed by atoms with van der Waals surface area (Å²) in [7, 11) is 0. The molecule has 0 saturated carbocycles. The molecule has 0 aromatic heterocycles. The van der Waals surface area contributed by atoms with E-state index in [9.17, 15) is 70.7 Å². The number of hydrogen-bond donors (Lipinski definition) is 2. The molecular formula is C14H5F15O4. The molecule has 1 aromatic carbocycles. The molecule has 33 heavy (non-hydrogen) atoms. The van der Waals surface area contributed by atoms with E-state index in [4.69, 9.17) is 10.2 Å². The zero-order valence-corrected chi connectivity index (χ0v) is 14.6. The lowest BCUT2D eigenvalue weighted by Gasteiger charge is -2.40. The molecule has 0 saturated heterocycles. The predicted molar refractivity (Wildman–Crippen MR) is 71.1 cm³/mol. The Bertz CT molecular complexity index is 906. The highest BCUT2D eigenvalue weighted by Gasteiger charge is 2.94. The van der Waals surface area contributed by atoms with Crippen LogP contribution in [-0.2, 0) is 4.79 Å². The highest BCUT2D eigenvalue weighted by atomic mass is 19.4. The molecule has 0 atom stereocenters. The lowest BCUT2D eigenvalue weighted by Crippen LogP contribution is -2.73. The number of benzene rings is 1. The molecular weight excluding hydrogens is 517 g/mol. The van der Waals surface area contributed by atoms with Gasteiger partial charge in [0.05, 0.1) is 0 Å². The molecule has 0 radical (unpaired) electrons. The molecule has 19 heteroatoms. The average molecular weight is 522 g/mol. The second kappa shape index (κ2) is 7.64. The monoisotopic (exact) mass is 522 g/mol. The van der Waals surface area contributed by atoms with Gasteiger partial charge in [-0.05, 0) is 12.1 Å². The number of phenols is 2. The van der Waals surface area contributed by atoms with Crippen LogP contribution in [0.2, 0.25) is 0 Å². The van der Waals surface area contributed by atoms with E-state index in [0.29, 0.717) is 6.07 Å². The van der Waals surface area contributed by atoms with Crippen molar-refractivity contribution in [3.05, 3.63) is 18.2 Å². The van der Waals surface area contributed by atoms with Crippen LogP contribution in [0, 0.1) is 0 Å². The van der Waals surface area contributed by atoms with Gasteiger partial charge in [0.2, 0.25) is 0 Å². The van der Waals surface area contributed by atoms with Crippen molar-refractivity contribution in [2.45, 2.75) is 41.7 Å². The highest BCUT2D eigenvalue weighted by molar-refractivity contribution is 5.82. The average Bonchev–Trinajstić information content (AvgIpc) is 2.62. The molecule has 1 aromatic rings. The Morgan fingerprint density at radius 1 is 0.636 bits per heavy atom. The summed E-state index contributed by atoms with van der Waals surface area (Å²) in [5, 5.41) is 18.0. The largest absolute Gasteiger partial charge is 0.508 e. The molecule has 0 amide bonds. The first-order chi connectivity index (χ1) is 14.3. The summed E-state index contributed by atoms with van der Waals surface area (Å²) in [6.07, 6.45) is -7.75. The third-order valence-electron chi connectivity index (χ3n) is 3.73. The lowest BCUT2D eigenvalue weighted by molar-refractivity contribution is -0.450. The Balaban J connectivity index is 3.51. The van der Waals surface area contributed by atoms with E-state index in [0.717, 1.165) is 0 Å². The number of alkyl halides is 15. The number of carbonyl (C=O) groups is 1. The number of halogens is 15. The summed E-state index contributed by atoms with van der Waals surface area (Å²) in [4.78, 5) is 11.2. The Kier molecular flexibility index (Phi) is 6.55. The SMILES string of the molecule is O=C(Oc1ccc(O)cc1O)C(F)(F)C(F)(F)C(F)(F)C(F)(F)C(F)(F)C(F)(F)C(F)(F)F. The first-order valence-electron chi connectivity index (χ1n) is 7.38. The lowest BCUT2D eigenvalue weighted by atomic mass is 9.91. The maximum atomic E-state index is 13.6. The van der Waals surface area contributed by atoms with Gasteiger partial charge in [-0.3, -0.25) is 0 Å². The summed E-state index contributed by atoms with van der Waals surface area (Å²) in [6.45, 7) is 0. The van der Waals surface area contributed by atoms with Gasteiger partial charge in [-0.25, -0.2) is 4.79 Å². The molecule has 0 aliphatic heterocycles. The van der Waals surface area contributed by atoms with Crippen LogP contribution >= 0.6 is 0 Å². The third-order valence-corrected chi connectivity index (χ3v) is 3.73. The molecule has 0 spiro atoms. The first kappa shape index (κ1) is 28.3. The second-order valence-electron chi connectivity index (χ2n) is 5.99. The van der Waals surface area contributed by atoms with Crippen LogP contribution in [0.5, 0.6) is 17.2 Å². The van der Waals surface area contributed by atoms with Crippen LogP contribution in [-0.4, -0.2) is 57.9 Å². The number of aromatic hydroxyl groups is 2. The Hall–Kier alpha value is -2.76. The third kappa shape index (κ3) is 3.94. The van der Waals surface area contributed by atoms with Gasteiger partial charge in [0.1, 0.15) is 5.75 Å². The van der Waals surface area contributed by atoms with Crippen molar-refractivity contribution in [3.8, 4) is 17.2 Å². The Morgan fingerprint density at radius 3 is 1.42 bits per heavy atom. The molecule has 0 bridgehead atoms. The fourth-order valence-electron chi connectivity index (χ4n) is 1.85.